The second-order valence-electron chi connectivity index (χ2n) is 6.49. The van der Waals surface area contributed by atoms with Gasteiger partial charge in [0.05, 0.1) is 6.61 Å². The summed E-state index contributed by atoms with van der Waals surface area (Å²) < 4.78 is 10.6. The van der Waals surface area contributed by atoms with Crippen LogP contribution in [0.5, 0.6) is 0 Å². The van der Waals surface area contributed by atoms with E-state index in [1.165, 1.54) is 0 Å². The van der Waals surface area contributed by atoms with Crippen molar-refractivity contribution in [3.63, 3.8) is 0 Å². The molecule has 12 heteroatoms. The quantitative estimate of drug-likeness (QED) is 0.223. The van der Waals surface area contributed by atoms with Gasteiger partial charge < -0.3 is 55.6 Å². The van der Waals surface area contributed by atoms with E-state index in [0.717, 1.165) is 6.92 Å². The summed E-state index contributed by atoms with van der Waals surface area (Å²) in [6, 6.07) is -1.34. The van der Waals surface area contributed by atoms with Gasteiger partial charge in [0, 0.05) is 6.92 Å². The van der Waals surface area contributed by atoms with E-state index >= 15 is 0 Å². The van der Waals surface area contributed by atoms with Gasteiger partial charge in [-0.1, -0.05) is 0 Å². The molecule has 152 valence electrons. The molecule has 1 saturated heterocycles. The Labute approximate surface area is 148 Å². The summed E-state index contributed by atoms with van der Waals surface area (Å²) in [7, 11) is 0. The monoisotopic (exact) mass is 383 g/mol. The van der Waals surface area contributed by atoms with Crippen molar-refractivity contribution >= 4 is 5.91 Å². The molecule has 1 saturated carbocycles. The number of hydrogen-bond donors (Lipinski definition) is 9. The fourth-order valence-corrected chi connectivity index (χ4v) is 3.10. The number of rotatable bonds is 4. The molecule has 11 atom stereocenters. The molecule has 2 aliphatic rings. The topological polar surface area (TPSA) is 209 Å². The lowest BCUT2D eigenvalue weighted by Gasteiger charge is -2.47. The number of amides is 1. The van der Waals surface area contributed by atoms with Crippen molar-refractivity contribution in [3.05, 3.63) is 0 Å². The lowest BCUT2D eigenvalue weighted by molar-refractivity contribution is -0.319. The normalized spacial score (nSPS) is 49.7. The third-order valence-corrected chi connectivity index (χ3v) is 4.61. The van der Waals surface area contributed by atoms with Crippen molar-refractivity contribution in [2.24, 2.45) is 0 Å². The first-order chi connectivity index (χ1) is 12.1. The van der Waals surface area contributed by atoms with E-state index in [4.69, 9.17) is 9.47 Å². The summed E-state index contributed by atoms with van der Waals surface area (Å²) in [6.07, 6.45) is -16.9. The van der Waals surface area contributed by atoms with Crippen LogP contribution in [0.25, 0.3) is 0 Å². The molecule has 1 aliphatic heterocycles. The molecule has 9 N–H and O–H groups in total. The third kappa shape index (κ3) is 3.99. The van der Waals surface area contributed by atoms with E-state index in [0.29, 0.717) is 0 Å². The Hall–Kier alpha value is -0.930. The Morgan fingerprint density at radius 3 is 1.85 bits per heavy atom. The van der Waals surface area contributed by atoms with Crippen molar-refractivity contribution < 1.29 is 55.1 Å². The number of carbonyl (C=O) groups is 1. The highest BCUT2D eigenvalue weighted by Crippen LogP contribution is 2.29. The second-order valence-corrected chi connectivity index (χ2v) is 6.49. The molecule has 12 nitrogen and oxygen atoms in total. The first-order valence-electron chi connectivity index (χ1n) is 8.05. The number of carbonyl (C=O) groups excluding carboxylic acids is 1. The molecule has 0 bridgehead atoms. The molecule has 0 aromatic carbocycles. The summed E-state index contributed by atoms with van der Waals surface area (Å²) in [4.78, 5) is 11.4. The maximum absolute atomic E-state index is 11.4. The summed E-state index contributed by atoms with van der Waals surface area (Å²) >= 11 is 0. The molecule has 0 spiro atoms. The van der Waals surface area contributed by atoms with Crippen molar-refractivity contribution in [3.8, 4) is 0 Å². The zero-order chi connectivity index (χ0) is 19.8. The number of ether oxygens (including phenoxy) is 2. The molecule has 2 unspecified atom stereocenters. The Kier molecular flexibility index (Phi) is 6.90. The van der Waals surface area contributed by atoms with Gasteiger partial charge in [0.1, 0.15) is 61.0 Å². The van der Waals surface area contributed by atoms with E-state index in [-0.39, 0.29) is 0 Å². The number of hydrogen-bond acceptors (Lipinski definition) is 11. The van der Waals surface area contributed by atoms with Gasteiger partial charge in [-0.2, -0.15) is 0 Å². The Morgan fingerprint density at radius 2 is 1.38 bits per heavy atom. The van der Waals surface area contributed by atoms with E-state index in [1.54, 1.807) is 0 Å². The zero-order valence-corrected chi connectivity index (χ0v) is 13.9. The standard InChI is InChI=1S/C14H25NO11/c1-3(17)15-5-7(19)6(18)4(2-16)25-14(5)26-13-11(23)9(21)8(20)10(22)12(13)24/h4-14,16,18-24H,2H2,1H3,(H,15,17)/t4-,5-,6-,7-,8?,9-,10+,11+,12+,13?,14-/m1/s1. The zero-order valence-electron chi connectivity index (χ0n) is 13.9. The van der Waals surface area contributed by atoms with Gasteiger partial charge in [-0.05, 0) is 0 Å². The van der Waals surface area contributed by atoms with Gasteiger partial charge in [0.25, 0.3) is 0 Å². The molecule has 1 amide bonds. The van der Waals surface area contributed by atoms with E-state index < -0.39 is 79.8 Å². The summed E-state index contributed by atoms with van der Waals surface area (Å²) in [6.45, 7) is 0.424. The van der Waals surface area contributed by atoms with Gasteiger partial charge in [0.15, 0.2) is 6.29 Å². The molecular formula is C14H25NO11. The molecule has 26 heavy (non-hydrogen) atoms. The van der Waals surface area contributed by atoms with Crippen LogP contribution in [0.4, 0.5) is 0 Å². The van der Waals surface area contributed by atoms with E-state index in [9.17, 15) is 45.6 Å². The van der Waals surface area contributed by atoms with Crippen LogP contribution in [0.15, 0.2) is 0 Å². The largest absolute Gasteiger partial charge is 0.394 e. The van der Waals surface area contributed by atoms with Crippen LogP contribution in [0.2, 0.25) is 0 Å². The van der Waals surface area contributed by atoms with Gasteiger partial charge in [0.2, 0.25) is 5.91 Å². The summed E-state index contributed by atoms with van der Waals surface area (Å²) in [5.41, 5.74) is 0. The predicted molar refractivity (Wildman–Crippen MR) is 80.3 cm³/mol. The highest BCUT2D eigenvalue weighted by Gasteiger charge is 2.52. The van der Waals surface area contributed by atoms with Crippen LogP contribution in [-0.2, 0) is 14.3 Å². The maximum atomic E-state index is 11.4. The number of aliphatic hydroxyl groups excluding tert-OH is 8. The van der Waals surface area contributed by atoms with Crippen LogP contribution in [0.1, 0.15) is 6.92 Å². The molecule has 1 aliphatic carbocycles. The Bertz CT molecular complexity index is 478. The van der Waals surface area contributed by atoms with Crippen LogP contribution >= 0.6 is 0 Å². The minimum atomic E-state index is -1.84. The molecular weight excluding hydrogens is 358 g/mol. The maximum Gasteiger partial charge on any atom is 0.217 e. The lowest BCUT2D eigenvalue weighted by Crippen LogP contribution is -2.69. The van der Waals surface area contributed by atoms with Crippen LogP contribution in [0.3, 0.4) is 0 Å². The van der Waals surface area contributed by atoms with Gasteiger partial charge in [-0.25, -0.2) is 0 Å². The van der Waals surface area contributed by atoms with Crippen molar-refractivity contribution in [2.45, 2.75) is 74.2 Å². The smallest absolute Gasteiger partial charge is 0.217 e. The fraction of sp³-hybridized carbons (Fsp3) is 0.929. The molecule has 0 radical (unpaired) electrons. The summed E-state index contributed by atoms with van der Waals surface area (Å²) in [5.74, 6) is -0.610. The molecule has 0 aromatic rings. The molecule has 0 aromatic heterocycles. The minimum Gasteiger partial charge on any atom is -0.394 e. The lowest BCUT2D eigenvalue weighted by atomic mass is 9.84. The highest BCUT2D eigenvalue weighted by atomic mass is 16.7. The van der Waals surface area contributed by atoms with Gasteiger partial charge >= 0.3 is 0 Å². The van der Waals surface area contributed by atoms with Gasteiger partial charge in [-0.15, -0.1) is 0 Å². The minimum absolute atomic E-state index is 0.610. The van der Waals surface area contributed by atoms with E-state index in [2.05, 4.69) is 5.32 Å². The first-order valence-corrected chi connectivity index (χ1v) is 8.05. The average Bonchev–Trinajstić information content (AvgIpc) is 2.60. The first kappa shape index (κ1) is 21.4. The highest BCUT2D eigenvalue weighted by molar-refractivity contribution is 5.73. The predicted octanol–water partition coefficient (Wildman–Crippen LogP) is -5.87. The van der Waals surface area contributed by atoms with Crippen molar-refractivity contribution in [1.29, 1.82) is 0 Å². The van der Waals surface area contributed by atoms with E-state index in [1.807, 2.05) is 0 Å². The van der Waals surface area contributed by atoms with Crippen LogP contribution in [-0.4, -0.2) is 121 Å². The van der Waals surface area contributed by atoms with Gasteiger partial charge in [-0.3, -0.25) is 4.79 Å². The average molecular weight is 383 g/mol. The van der Waals surface area contributed by atoms with Crippen LogP contribution < -0.4 is 5.32 Å². The molecule has 2 fully saturated rings. The van der Waals surface area contributed by atoms with Crippen LogP contribution in [0, 0.1) is 0 Å². The Balaban J connectivity index is 2.23. The summed E-state index contributed by atoms with van der Waals surface area (Å²) in [5, 5.41) is 80.7. The number of nitrogens with one attached hydrogen (secondary N) is 1. The van der Waals surface area contributed by atoms with Crippen molar-refractivity contribution in [1.82, 2.24) is 5.32 Å². The number of aliphatic hydroxyl groups is 8. The fourth-order valence-electron chi connectivity index (χ4n) is 3.10. The third-order valence-electron chi connectivity index (χ3n) is 4.61. The Morgan fingerprint density at radius 1 is 0.885 bits per heavy atom. The second kappa shape index (κ2) is 8.39. The van der Waals surface area contributed by atoms with Crippen molar-refractivity contribution in [2.75, 3.05) is 6.61 Å². The molecule has 1 heterocycles. The molecule has 2 rings (SSSR count). The SMILES string of the molecule is CC(=O)N[C@H]1[C@@H](OC2[C@@H](O)[C@H](O)C(O)[C@H](O)[C@@H]2O)O[C@H](CO)[C@@H](O)[C@@H]1O.